The van der Waals surface area contributed by atoms with E-state index in [0.717, 1.165) is 51.6 Å². The Hall–Kier alpha value is -1.34. The molecule has 1 N–H and O–H groups in total. The number of aliphatic hydroxyl groups is 1. The van der Waals surface area contributed by atoms with Crippen LogP contribution in [0.2, 0.25) is 0 Å². The monoisotopic (exact) mass is 393 g/mol. The maximum atomic E-state index is 10.4. The highest BCUT2D eigenvalue weighted by molar-refractivity contribution is 5.43. The molecule has 1 atom stereocenters. The fraction of sp³-hybridized carbons (Fsp3) is 0.727. The van der Waals surface area contributed by atoms with E-state index in [1.165, 1.54) is 18.4 Å². The molecule has 1 fully saturated rings. The van der Waals surface area contributed by atoms with E-state index in [-0.39, 0.29) is 6.61 Å². The van der Waals surface area contributed by atoms with Crippen LogP contribution in [0.25, 0.3) is 0 Å². The van der Waals surface area contributed by atoms with Crippen molar-refractivity contribution in [2.24, 2.45) is 0 Å². The number of likely N-dealkylation sites (N-methyl/N-ethyl adjacent to an activating group) is 1. The van der Waals surface area contributed by atoms with Crippen LogP contribution in [0.1, 0.15) is 32.3 Å². The zero-order valence-electron chi connectivity index (χ0n) is 18.2. The first-order valence-electron chi connectivity index (χ1n) is 10.7. The Labute approximate surface area is 171 Å². The molecule has 160 valence electrons. The molecule has 6 heteroatoms. The summed E-state index contributed by atoms with van der Waals surface area (Å²) in [6.07, 6.45) is 1.91. The molecule has 0 aliphatic carbocycles. The van der Waals surface area contributed by atoms with Gasteiger partial charge >= 0.3 is 0 Å². The Morgan fingerprint density at radius 3 is 2.46 bits per heavy atom. The summed E-state index contributed by atoms with van der Waals surface area (Å²) in [5.74, 6) is 1.42. The Morgan fingerprint density at radius 1 is 1.11 bits per heavy atom. The average molecular weight is 394 g/mol. The van der Waals surface area contributed by atoms with Gasteiger partial charge in [-0.1, -0.05) is 26.3 Å². The van der Waals surface area contributed by atoms with Crippen molar-refractivity contribution < 1.29 is 14.6 Å². The molecule has 1 aromatic carbocycles. The maximum Gasteiger partial charge on any atom is 0.161 e. The predicted octanol–water partition coefficient (Wildman–Crippen LogP) is 2.30. The number of methoxy groups -OCH3 is 1. The van der Waals surface area contributed by atoms with Gasteiger partial charge in [-0.15, -0.1) is 0 Å². The van der Waals surface area contributed by atoms with Crippen LogP contribution in [0, 0.1) is 0 Å². The van der Waals surface area contributed by atoms with E-state index in [2.05, 4.69) is 41.7 Å². The van der Waals surface area contributed by atoms with Gasteiger partial charge < -0.3 is 24.4 Å². The lowest BCUT2D eigenvalue weighted by Gasteiger charge is -2.34. The summed E-state index contributed by atoms with van der Waals surface area (Å²) < 4.78 is 11.4. The molecule has 1 aliphatic heterocycles. The maximum absolute atomic E-state index is 10.4. The van der Waals surface area contributed by atoms with Crippen LogP contribution in [0.15, 0.2) is 18.2 Å². The molecule has 6 nitrogen and oxygen atoms in total. The molecule has 1 heterocycles. The van der Waals surface area contributed by atoms with E-state index in [1.54, 1.807) is 7.11 Å². The van der Waals surface area contributed by atoms with Crippen molar-refractivity contribution in [3.8, 4) is 11.5 Å². The largest absolute Gasteiger partial charge is 0.493 e. The SMILES string of the molecule is CCCCN(C)Cc1ccc(OC[C@H](O)CN2CCN(CC)CC2)c(OC)c1. The Morgan fingerprint density at radius 2 is 1.82 bits per heavy atom. The van der Waals surface area contributed by atoms with E-state index in [9.17, 15) is 5.11 Å². The van der Waals surface area contributed by atoms with E-state index >= 15 is 0 Å². The van der Waals surface area contributed by atoms with Crippen LogP contribution in [0.5, 0.6) is 11.5 Å². The normalized spacial score (nSPS) is 17.1. The number of aliphatic hydroxyl groups excluding tert-OH is 1. The van der Waals surface area contributed by atoms with Gasteiger partial charge in [0.1, 0.15) is 12.7 Å². The fourth-order valence-electron chi connectivity index (χ4n) is 3.57. The van der Waals surface area contributed by atoms with E-state index in [0.29, 0.717) is 12.3 Å². The van der Waals surface area contributed by atoms with Gasteiger partial charge in [-0.3, -0.25) is 4.90 Å². The molecule has 0 unspecified atom stereocenters. The molecular weight excluding hydrogens is 354 g/mol. The van der Waals surface area contributed by atoms with Crippen molar-refractivity contribution in [3.05, 3.63) is 23.8 Å². The number of β-amino-alcohol motifs (C(OH)–C–C–N with tert-alkyl or cyclic N) is 1. The van der Waals surface area contributed by atoms with Gasteiger partial charge in [0.2, 0.25) is 0 Å². The van der Waals surface area contributed by atoms with Crippen LogP contribution in [-0.4, -0.2) is 92.5 Å². The van der Waals surface area contributed by atoms with Crippen molar-refractivity contribution in [3.63, 3.8) is 0 Å². The van der Waals surface area contributed by atoms with Crippen molar-refractivity contribution in [1.29, 1.82) is 0 Å². The summed E-state index contributed by atoms with van der Waals surface area (Å²) in [4.78, 5) is 7.07. The zero-order valence-corrected chi connectivity index (χ0v) is 18.2. The first-order chi connectivity index (χ1) is 13.5. The van der Waals surface area contributed by atoms with E-state index in [1.807, 2.05) is 12.1 Å². The molecular formula is C22H39N3O3. The number of benzene rings is 1. The number of nitrogens with zero attached hydrogens (tertiary/aromatic N) is 3. The van der Waals surface area contributed by atoms with Gasteiger partial charge in [0.15, 0.2) is 11.5 Å². The second-order valence-electron chi connectivity index (χ2n) is 7.78. The third kappa shape index (κ3) is 7.59. The number of ether oxygens (including phenoxy) is 2. The summed E-state index contributed by atoms with van der Waals surface area (Å²) in [5, 5.41) is 10.4. The topological polar surface area (TPSA) is 48.4 Å². The van der Waals surface area contributed by atoms with E-state index < -0.39 is 6.10 Å². The lowest BCUT2D eigenvalue weighted by Crippen LogP contribution is -2.49. The third-order valence-corrected chi connectivity index (χ3v) is 5.39. The van der Waals surface area contributed by atoms with Crippen LogP contribution in [0.3, 0.4) is 0 Å². The molecule has 1 aliphatic rings. The van der Waals surface area contributed by atoms with E-state index in [4.69, 9.17) is 9.47 Å². The van der Waals surface area contributed by atoms with Gasteiger partial charge in [0, 0.05) is 39.3 Å². The van der Waals surface area contributed by atoms with Crippen LogP contribution in [-0.2, 0) is 6.54 Å². The second-order valence-corrected chi connectivity index (χ2v) is 7.78. The Kier molecular flexibility index (Phi) is 10.1. The molecule has 2 rings (SSSR count). The molecule has 1 saturated heterocycles. The quantitative estimate of drug-likeness (QED) is 0.588. The summed E-state index contributed by atoms with van der Waals surface area (Å²) in [6.45, 7) is 12.6. The van der Waals surface area contributed by atoms with Crippen LogP contribution < -0.4 is 9.47 Å². The highest BCUT2D eigenvalue weighted by Crippen LogP contribution is 2.28. The van der Waals surface area contributed by atoms with Crippen molar-refractivity contribution >= 4 is 0 Å². The minimum absolute atomic E-state index is 0.278. The predicted molar refractivity (Wildman–Crippen MR) is 114 cm³/mol. The first-order valence-corrected chi connectivity index (χ1v) is 10.7. The Bertz CT molecular complexity index is 562. The number of rotatable bonds is 12. The fourth-order valence-corrected chi connectivity index (χ4v) is 3.57. The standard InChI is InChI=1S/C22H39N3O3/c1-5-7-10-23(3)16-19-8-9-21(22(15-19)27-4)28-18-20(26)17-25-13-11-24(6-2)12-14-25/h8-9,15,20,26H,5-7,10-14,16-18H2,1-4H3/t20-/m1/s1. The zero-order chi connectivity index (χ0) is 20.4. The molecule has 0 bridgehead atoms. The molecule has 0 saturated carbocycles. The molecule has 0 aromatic heterocycles. The lowest BCUT2D eigenvalue weighted by molar-refractivity contribution is 0.0464. The number of unbranched alkanes of at least 4 members (excludes halogenated alkanes) is 1. The van der Waals surface area contributed by atoms with Crippen molar-refractivity contribution in [2.45, 2.75) is 39.3 Å². The van der Waals surface area contributed by atoms with Gasteiger partial charge in [-0.25, -0.2) is 0 Å². The molecule has 1 aromatic rings. The second kappa shape index (κ2) is 12.3. The highest BCUT2D eigenvalue weighted by atomic mass is 16.5. The summed E-state index contributed by atoms with van der Waals surface area (Å²) >= 11 is 0. The first kappa shape index (κ1) is 22.9. The molecule has 0 radical (unpaired) electrons. The Balaban J connectivity index is 1.81. The third-order valence-electron chi connectivity index (χ3n) is 5.39. The van der Waals surface area contributed by atoms with Crippen LogP contribution >= 0.6 is 0 Å². The number of piperazine rings is 1. The van der Waals surface area contributed by atoms with Gasteiger partial charge in [-0.05, 0) is 44.3 Å². The molecule has 0 spiro atoms. The summed E-state index contributed by atoms with van der Waals surface area (Å²) in [5.41, 5.74) is 1.21. The summed E-state index contributed by atoms with van der Waals surface area (Å²) in [6, 6.07) is 6.07. The number of hydrogen-bond acceptors (Lipinski definition) is 6. The van der Waals surface area contributed by atoms with Crippen molar-refractivity contribution in [1.82, 2.24) is 14.7 Å². The lowest BCUT2D eigenvalue weighted by atomic mass is 10.2. The van der Waals surface area contributed by atoms with Gasteiger partial charge in [-0.2, -0.15) is 0 Å². The van der Waals surface area contributed by atoms with Crippen molar-refractivity contribution in [2.75, 3.05) is 66.6 Å². The van der Waals surface area contributed by atoms with Gasteiger partial charge in [0.25, 0.3) is 0 Å². The average Bonchev–Trinajstić information content (AvgIpc) is 2.71. The minimum Gasteiger partial charge on any atom is -0.493 e. The molecule has 0 amide bonds. The number of hydrogen-bond donors (Lipinski definition) is 1. The smallest absolute Gasteiger partial charge is 0.161 e. The van der Waals surface area contributed by atoms with Crippen LogP contribution in [0.4, 0.5) is 0 Å². The van der Waals surface area contributed by atoms with Gasteiger partial charge in [0.05, 0.1) is 7.11 Å². The highest BCUT2D eigenvalue weighted by Gasteiger charge is 2.19. The molecule has 28 heavy (non-hydrogen) atoms. The minimum atomic E-state index is -0.502. The summed E-state index contributed by atoms with van der Waals surface area (Å²) in [7, 11) is 3.81.